The van der Waals surface area contributed by atoms with Crippen LogP contribution in [0.1, 0.15) is 24.5 Å². The van der Waals surface area contributed by atoms with Gasteiger partial charge in [-0.3, -0.25) is 4.90 Å². The number of nitrogens with zero attached hydrogens (tertiary/aromatic N) is 1. The van der Waals surface area contributed by atoms with Crippen molar-refractivity contribution in [2.75, 3.05) is 19.9 Å². The zero-order valence-electron chi connectivity index (χ0n) is 10.1. The molecule has 1 aromatic carbocycles. The van der Waals surface area contributed by atoms with Crippen LogP contribution in [0.4, 0.5) is 0 Å². The van der Waals surface area contributed by atoms with Crippen molar-refractivity contribution in [2.24, 2.45) is 0 Å². The first-order valence-electron chi connectivity index (χ1n) is 6.00. The Morgan fingerprint density at radius 3 is 2.59 bits per heavy atom. The van der Waals surface area contributed by atoms with Crippen molar-refractivity contribution in [3.8, 4) is 11.5 Å². The summed E-state index contributed by atoms with van der Waals surface area (Å²) in [6.07, 6.45) is 2.35. The molecule has 4 heteroatoms. The number of benzene rings is 1. The Labute approximate surface area is 108 Å². The van der Waals surface area contributed by atoms with E-state index < -0.39 is 0 Å². The molecule has 0 bridgehead atoms. The lowest BCUT2D eigenvalue weighted by atomic mass is 9.99. The fraction of sp³-hybridized carbons (Fsp3) is 0.538. The number of hydrogen-bond donors (Lipinski definition) is 0. The average Bonchev–Trinajstić information content (AvgIpc) is 2.73. The van der Waals surface area contributed by atoms with Gasteiger partial charge >= 0.3 is 0 Å². The highest BCUT2D eigenvalue weighted by atomic mass is 35.5. The van der Waals surface area contributed by atoms with Crippen LogP contribution in [0.3, 0.4) is 0 Å². The van der Waals surface area contributed by atoms with Crippen LogP contribution in [0, 0.1) is 0 Å². The Kier molecular flexibility index (Phi) is 3.79. The van der Waals surface area contributed by atoms with Gasteiger partial charge < -0.3 is 9.47 Å². The lowest BCUT2D eigenvalue weighted by Crippen LogP contribution is -2.31. The minimum Gasteiger partial charge on any atom is -0.454 e. The van der Waals surface area contributed by atoms with Crippen molar-refractivity contribution in [1.82, 2.24) is 4.90 Å². The van der Waals surface area contributed by atoms with E-state index in [9.17, 15) is 0 Å². The zero-order chi connectivity index (χ0) is 11.0. The van der Waals surface area contributed by atoms with Crippen LogP contribution in [0.15, 0.2) is 12.1 Å². The Balaban J connectivity index is 0.00000108. The number of rotatable bonds is 2. The molecule has 0 aliphatic carbocycles. The first-order valence-corrected chi connectivity index (χ1v) is 6.00. The second kappa shape index (κ2) is 5.15. The van der Waals surface area contributed by atoms with Crippen molar-refractivity contribution in [3.05, 3.63) is 23.3 Å². The van der Waals surface area contributed by atoms with Crippen LogP contribution in [-0.4, -0.2) is 24.8 Å². The summed E-state index contributed by atoms with van der Waals surface area (Å²) >= 11 is 0. The fourth-order valence-corrected chi connectivity index (χ4v) is 2.51. The van der Waals surface area contributed by atoms with Gasteiger partial charge in [-0.25, -0.2) is 0 Å². The van der Waals surface area contributed by atoms with Gasteiger partial charge in [0.1, 0.15) is 0 Å². The van der Waals surface area contributed by atoms with Crippen molar-refractivity contribution in [2.45, 2.75) is 26.3 Å². The maximum Gasteiger partial charge on any atom is 0.231 e. The molecule has 2 aliphatic rings. The summed E-state index contributed by atoms with van der Waals surface area (Å²) in [5, 5.41) is 0. The van der Waals surface area contributed by atoms with E-state index in [1.54, 1.807) is 0 Å². The Morgan fingerprint density at radius 1 is 1.18 bits per heavy atom. The summed E-state index contributed by atoms with van der Waals surface area (Å²) in [6.45, 7) is 6.01. The van der Waals surface area contributed by atoms with Gasteiger partial charge in [0.15, 0.2) is 11.5 Å². The first-order chi connectivity index (χ1) is 7.86. The van der Waals surface area contributed by atoms with E-state index >= 15 is 0 Å². The Bertz CT molecular complexity index is 409. The van der Waals surface area contributed by atoms with Gasteiger partial charge in [-0.2, -0.15) is 0 Å². The highest BCUT2D eigenvalue weighted by Crippen LogP contribution is 2.36. The molecule has 0 radical (unpaired) electrons. The molecule has 0 amide bonds. The molecule has 3 nitrogen and oxygen atoms in total. The van der Waals surface area contributed by atoms with Crippen LogP contribution in [0.2, 0.25) is 0 Å². The predicted molar refractivity (Wildman–Crippen MR) is 69.1 cm³/mol. The number of hydrogen-bond acceptors (Lipinski definition) is 3. The van der Waals surface area contributed by atoms with Crippen molar-refractivity contribution in [3.63, 3.8) is 0 Å². The number of ether oxygens (including phenoxy) is 2. The lowest BCUT2D eigenvalue weighted by Gasteiger charge is -2.28. The van der Waals surface area contributed by atoms with Crippen LogP contribution < -0.4 is 9.47 Å². The van der Waals surface area contributed by atoms with E-state index in [4.69, 9.17) is 9.47 Å². The molecule has 94 valence electrons. The molecular formula is C13H18ClNO2. The second-order valence-corrected chi connectivity index (χ2v) is 4.50. The molecule has 0 spiro atoms. The topological polar surface area (TPSA) is 21.7 Å². The van der Waals surface area contributed by atoms with E-state index in [0.717, 1.165) is 24.5 Å². The summed E-state index contributed by atoms with van der Waals surface area (Å²) in [5.41, 5.74) is 2.83. The monoisotopic (exact) mass is 255 g/mol. The third-order valence-electron chi connectivity index (χ3n) is 3.33. The predicted octanol–water partition coefficient (Wildman–Crippen LogP) is 2.61. The van der Waals surface area contributed by atoms with Gasteiger partial charge in [0, 0.05) is 13.1 Å². The molecule has 0 atom stereocenters. The maximum atomic E-state index is 5.42. The molecule has 0 saturated heterocycles. The zero-order valence-corrected chi connectivity index (χ0v) is 10.9. The smallest absolute Gasteiger partial charge is 0.231 e. The highest BCUT2D eigenvalue weighted by molar-refractivity contribution is 5.85. The third-order valence-corrected chi connectivity index (χ3v) is 3.33. The van der Waals surface area contributed by atoms with E-state index in [2.05, 4.69) is 24.0 Å². The average molecular weight is 256 g/mol. The van der Waals surface area contributed by atoms with Gasteiger partial charge in [-0.1, -0.05) is 6.92 Å². The molecule has 1 aromatic rings. The quantitative estimate of drug-likeness (QED) is 0.811. The molecule has 17 heavy (non-hydrogen) atoms. The summed E-state index contributed by atoms with van der Waals surface area (Å²) in [6, 6.07) is 4.31. The normalized spacial score (nSPS) is 17.5. The van der Waals surface area contributed by atoms with Crippen molar-refractivity contribution >= 4 is 12.4 Å². The van der Waals surface area contributed by atoms with Crippen molar-refractivity contribution in [1.29, 1.82) is 0 Å². The van der Waals surface area contributed by atoms with E-state index in [1.165, 1.54) is 30.6 Å². The molecule has 0 N–H and O–H groups in total. The van der Waals surface area contributed by atoms with E-state index in [0.29, 0.717) is 6.79 Å². The molecule has 0 unspecified atom stereocenters. The molecule has 2 heterocycles. The summed E-state index contributed by atoms with van der Waals surface area (Å²) < 4.78 is 10.8. The largest absolute Gasteiger partial charge is 0.454 e. The molecule has 3 rings (SSSR count). The SMILES string of the molecule is CCCN1CCc2cc3c(cc2C1)OCO3.Cl. The molecular weight excluding hydrogens is 238 g/mol. The summed E-state index contributed by atoms with van der Waals surface area (Å²) in [7, 11) is 0. The summed E-state index contributed by atoms with van der Waals surface area (Å²) in [5.74, 6) is 1.83. The fourth-order valence-electron chi connectivity index (χ4n) is 2.51. The minimum absolute atomic E-state index is 0. The molecule has 2 aliphatic heterocycles. The second-order valence-electron chi connectivity index (χ2n) is 4.50. The maximum absolute atomic E-state index is 5.42. The van der Waals surface area contributed by atoms with Crippen molar-refractivity contribution < 1.29 is 9.47 Å². The third kappa shape index (κ3) is 2.35. The van der Waals surface area contributed by atoms with Gasteiger partial charge in [-0.05, 0) is 42.6 Å². The Hall–Kier alpha value is -0.930. The lowest BCUT2D eigenvalue weighted by molar-refractivity contribution is 0.174. The minimum atomic E-state index is 0. The number of halogens is 1. The van der Waals surface area contributed by atoms with Crippen LogP contribution >= 0.6 is 12.4 Å². The molecule has 0 aromatic heterocycles. The standard InChI is InChI=1S/C13H17NO2.ClH/c1-2-4-14-5-3-10-6-12-13(16-9-15-12)7-11(10)8-14;/h6-7H,2-5,8-9H2,1H3;1H. The molecule has 0 fully saturated rings. The Morgan fingerprint density at radius 2 is 1.88 bits per heavy atom. The molecule has 0 saturated carbocycles. The van der Waals surface area contributed by atoms with Crippen LogP contribution in [0.25, 0.3) is 0 Å². The first kappa shape index (κ1) is 12.5. The van der Waals surface area contributed by atoms with Gasteiger partial charge in [-0.15, -0.1) is 12.4 Å². The van der Waals surface area contributed by atoms with Gasteiger partial charge in [0.25, 0.3) is 0 Å². The van der Waals surface area contributed by atoms with E-state index in [-0.39, 0.29) is 12.4 Å². The van der Waals surface area contributed by atoms with E-state index in [1.807, 2.05) is 0 Å². The van der Waals surface area contributed by atoms with Gasteiger partial charge in [0.05, 0.1) is 0 Å². The van der Waals surface area contributed by atoms with Crippen LogP contribution in [0.5, 0.6) is 11.5 Å². The highest BCUT2D eigenvalue weighted by Gasteiger charge is 2.21. The number of fused-ring (bicyclic) bond motifs is 2. The van der Waals surface area contributed by atoms with Gasteiger partial charge in [0.2, 0.25) is 6.79 Å². The van der Waals surface area contributed by atoms with Crippen LogP contribution in [-0.2, 0) is 13.0 Å². The summed E-state index contributed by atoms with van der Waals surface area (Å²) in [4.78, 5) is 2.50.